The van der Waals surface area contributed by atoms with Gasteiger partial charge in [0.25, 0.3) is 0 Å². The number of rotatable bonds is 6. The van der Waals surface area contributed by atoms with Crippen molar-refractivity contribution in [2.24, 2.45) is 0 Å². The Labute approximate surface area is 99.8 Å². The van der Waals surface area contributed by atoms with E-state index >= 15 is 0 Å². The third kappa shape index (κ3) is 3.54. The van der Waals surface area contributed by atoms with E-state index in [1.54, 1.807) is 18.9 Å². The molecule has 0 saturated carbocycles. The fourth-order valence-corrected chi connectivity index (χ4v) is 2.06. The van der Waals surface area contributed by atoms with E-state index in [1.165, 1.54) is 0 Å². The van der Waals surface area contributed by atoms with Crippen molar-refractivity contribution in [3.63, 3.8) is 0 Å². The molecule has 1 rings (SSSR count). The summed E-state index contributed by atoms with van der Waals surface area (Å²) < 4.78 is 4.95. The zero-order chi connectivity index (χ0) is 12.0. The average molecular weight is 240 g/mol. The lowest BCUT2D eigenvalue weighted by atomic mass is 9.97. The molecule has 1 atom stereocenters. The molecule has 0 bridgehead atoms. The smallest absolute Gasteiger partial charge is 0.310 e. The number of hydrogen-bond acceptors (Lipinski definition) is 3. The molecule has 1 aromatic carbocycles. The van der Waals surface area contributed by atoms with Crippen LogP contribution in [0.3, 0.4) is 0 Å². The molecule has 3 nitrogen and oxygen atoms in total. The van der Waals surface area contributed by atoms with Gasteiger partial charge < -0.3 is 9.84 Å². The van der Waals surface area contributed by atoms with Crippen LogP contribution in [0, 0.1) is 0 Å². The van der Waals surface area contributed by atoms with E-state index in [1.807, 2.05) is 31.2 Å². The molecular formula is C12H16O3S. The summed E-state index contributed by atoms with van der Waals surface area (Å²) in [4.78, 5) is 12.1. The highest BCUT2D eigenvalue weighted by Crippen LogP contribution is 2.24. The van der Waals surface area contributed by atoms with Crippen molar-refractivity contribution >= 4 is 17.7 Å². The first-order valence-electron chi connectivity index (χ1n) is 5.13. The van der Waals surface area contributed by atoms with Crippen molar-refractivity contribution in [1.82, 2.24) is 0 Å². The fourth-order valence-electron chi connectivity index (χ4n) is 1.48. The Morgan fingerprint density at radius 2 is 2.06 bits per heavy atom. The summed E-state index contributed by atoms with van der Waals surface area (Å²) in [5.74, 6) is -0.559. The molecular weight excluding hydrogens is 224 g/mol. The Morgan fingerprint density at radius 3 is 2.50 bits per heavy atom. The number of carboxylic acids is 1. The molecule has 1 unspecified atom stereocenters. The van der Waals surface area contributed by atoms with Crippen LogP contribution in [-0.2, 0) is 9.53 Å². The number of carbonyl (C=O) groups is 1. The van der Waals surface area contributed by atoms with Crippen molar-refractivity contribution in [2.45, 2.75) is 24.2 Å². The molecule has 16 heavy (non-hydrogen) atoms. The molecule has 0 heterocycles. The molecule has 0 aromatic heterocycles. The van der Waals surface area contributed by atoms with Crippen LogP contribution >= 0.6 is 11.8 Å². The summed E-state index contributed by atoms with van der Waals surface area (Å²) >= 11 is 1.59. The van der Waals surface area contributed by atoms with Crippen LogP contribution in [0.15, 0.2) is 29.2 Å². The van der Waals surface area contributed by atoms with Crippen molar-refractivity contribution in [3.8, 4) is 0 Å². The van der Waals surface area contributed by atoms with Crippen LogP contribution in [0.1, 0.15) is 24.8 Å². The fraction of sp³-hybridized carbons (Fsp3) is 0.417. The quantitative estimate of drug-likeness (QED) is 0.613. The summed E-state index contributed by atoms with van der Waals surface area (Å²) in [6.07, 6.45) is 0.611. The molecule has 0 aliphatic heterocycles. The molecule has 0 radical (unpaired) electrons. The van der Waals surface area contributed by atoms with Crippen molar-refractivity contribution in [1.29, 1.82) is 0 Å². The molecule has 88 valence electrons. The zero-order valence-corrected chi connectivity index (χ0v) is 10.3. The highest BCUT2D eigenvalue weighted by Gasteiger charge is 2.16. The standard InChI is InChI=1S/C12H16O3S/c1-3-11(12(13)14)9-4-6-10(7-5-9)16-8-15-2/h4-7,11H,3,8H2,1-2H3,(H,13,14). The van der Waals surface area contributed by atoms with E-state index in [9.17, 15) is 4.79 Å². The van der Waals surface area contributed by atoms with Gasteiger partial charge in [-0.1, -0.05) is 30.8 Å². The minimum Gasteiger partial charge on any atom is -0.481 e. The van der Waals surface area contributed by atoms with Gasteiger partial charge in [0.15, 0.2) is 0 Å². The summed E-state index contributed by atoms with van der Waals surface area (Å²) in [5.41, 5.74) is 0.858. The largest absolute Gasteiger partial charge is 0.481 e. The second-order valence-corrected chi connectivity index (χ2v) is 4.41. The summed E-state index contributed by atoms with van der Waals surface area (Å²) in [6, 6.07) is 7.62. The predicted molar refractivity (Wildman–Crippen MR) is 64.8 cm³/mol. The number of aliphatic carboxylic acids is 1. The molecule has 0 aliphatic carbocycles. The third-order valence-corrected chi connectivity index (χ3v) is 3.29. The predicted octanol–water partition coefficient (Wildman–Crippen LogP) is 2.96. The van der Waals surface area contributed by atoms with Crippen molar-refractivity contribution in [2.75, 3.05) is 13.0 Å². The van der Waals surface area contributed by atoms with E-state index in [0.717, 1.165) is 10.5 Å². The van der Waals surface area contributed by atoms with E-state index in [-0.39, 0.29) is 0 Å². The Morgan fingerprint density at radius 1 is 1.44 bits per heavy atom. The van der Waals surface area contributed by atoms with Crippen LogP contribution in [0.5, 0.6) is 0 Å². The van der Waals surface area contributed by atoms with E-state index in [4.69, 9.17) is 9.84 Å². The van der Waals surface area contributed by atoms with Crippen LogP contribution < -0.4 is 0 Å². The van der Waals surface area contributed by atoms with E-state index in [0.29, 0.717) is 12.4 Å². The Balaban J connectivity index is 2.73. The maximum Gasteiger partial charge on any atom is 0.310 e. The van der Waals surface area contributed by atoms with Gasteiger partial charge in [-0.05, 0) is 24.1 Å². The maximum absolute atomic E-state index is 11.0. The van der Waals surface area contributed by atoms with Gasteiger partial charge >= 0.3 is 5.97 Å². The van der Waals surface area contributed by atoms with Crippen molar-refractivity contribution < 1.29 is 14.6 Å². The number of ether oxygens (including phenoxy) is 1. The Bertz CT molecular complexity index is 335. The van der Waals surface area contributed by atoms with Gasteiger partial charge in [-0.25, -0.2) is 0 Å². The van der Waals surface area contributed by atoms with E-state index in [2.05, 4.69) is 0 Å². The monoisotopic (exact) mass is 240 g/mol. The molecule has 0 spiro atoms. The molecule has 0 aliphatic rings. The second kappa shape index (κ2) is 6.55. The number of thioether (sulfide) groups is 1. The normalized spacial score (nSPS) is 12.4. The number of hydrogen-bond donors (Lipinski definition) is 1. The minimum atomic E-state index is -0.764. The number of benzene rings is 1. The van der Waals surface area contributed by atoms with E-state index < -0.39 is 11.9 Å². The lowest BCUT2D eigenvalue weighted by molar-refractivity contribution is -0.138. The lowest BCUT2D eigenvalue weighted by Crippen LogP contribution is -2.10. The van der Waals surface area contributed by atoms with Crippen LogP contribution in [0.4, 0.5) is 0 Å². The highest BCUT2D eigenvalue weighted by atomic mass is 32.2. The average Bonchev–Trinajstić information content (AvgIpc) is 2.28. The minimum absolute atomic E-state index is 0.401. The summed E-state index contributed by atoms with van der Waals surface area (Å²) in [7, 11) is 1.65. The van der Waals surface area contributed by atoms with Gasteiger partial charge in [0.1, 0.15) is 0 Å². The zero-order valence-electron chi connectivity index (χ0n) is 9.47. The maximum atomic E-state index is 11.0. The number of methoxy groups -OCH3 is 1. The van der Waals surface area contributed by atoms with Gasteiger partial charge in [0.05, 0.1) is 11.9 Å². The van der Waals surface area contributed by atoms with Crippen molar-refractivity contribution in [3.05, 3.63) is 29.8 Å². The van der Waals surface area contributed by atoms with Gasteiger partial charge in [0.2, 0.25) is 0 Å². The SMILES string of the molecule is CCC(C(=O)O)c1ccc(SCOC)cc1. The lowest BCUT2D eigenvalue weighted by Gasteiger charge is -2.10. The molecule has 0 fully saturated rings. The van der Waals surface area contributed by atoms with Crippen LogP contribution in [-0.4, -0.2) is 24.1 Å². The van der Waals surface area contributed by atoms with Gasteiger partial charge in [-0.15, -0.1) is 0 Å². The summed E-state index contributed by atoms with van der Waals surface area (Å²) in [5, 5.41) is 9.01. The Kier molecular flexibility index (Phi) is 5.35. The topological polar surface area (TPSA) is 46.5 Å². The van der Waals surface area contributed by atoms with Crippen LogP contribution in [0.2, 0.25) is 0 Å². The Hall–Kier alpha value is -1.00. The first-order valence-corrected chi connectivity index (χ1v) is 6.12. The first kappa shape index (κ1) is 13.1. The molecule has 1 N–H and O–H groups in total. The molecule has 0 saturated heterocycles. The van der Waals surface area contributed by atoms with Crippen LogP contribution in [0.25, 0.3) is 0 Å². The number of carboxylic acid groups (broad SMARTS) is 1. The van der Waals surface area contributed by atoms with Gasteiger partial charge in [-0.3, -0.25) is 4.79 Å². The molecule has 1 aromatic rings. The first-order chi connectivity index (χ1) is 7.69. The molecule has 4 heteroatoms. The molecule has 0 amide bonds. The third-order valence-electron chi connectivity index (χ3n) is 2.33. The van der Waals surface area contributed by atoms with Gasteiger partial charge in [0, 0.05) is 12.0 Å². The second-order valence-electron chi connectivity index (χ2n) is 3.42. The van der Waals surface area contributed by atoms with Gasteiger partial charge in [-0.2, -0.15) is 0 Å². The highest BCUT2D eigenvalue weighted by molar-refractivity contribution is 7.99. The summed E-state index contributed by atoms with van der Waals surface area (Å²) in [6.45, 7) is 1.88.